The van der Waals surface area contributed by atoms with Crippen LogP contribution in [0.15, 0.2) is 24.3 Å². The van der Waals surface area contributed by atoms with Gasteiger partial charge in [0.1, 0.15) is 5.75 Å². The van der Waals surface area contributed by atoms with Crippen LogP contribution >= 0.6 is 0 Å². The first-order valence-electron chi connectivity index (χ1n) is 2.66. The van der Waals surface area contributed by atoms with Gasteiger partial charge in [-0.05, 0) is 6.07 Å². The Morgan fingerprint density at radius 2 is 2.40 bits per heavy atom. The molecule has 51 valence electrons. The fourth-order valence-corrected chi connectivity index (χ4v) is 0.534. The third-order valence-electron chi connectivity index (χ3n) is 0.878. The molecule has 0 aliphatic heterocycles. The zero-order valence-electron chi connectivity index (χ0n) is 5.07. The third kappa shape index (κ3) is 1.78. The van der Waals surface area contributed by atoms with Crippen molar-refractivity contribution in [1.82, 2.24) is 0 Å². The topological polar surface area (TPSA) is 46.5 Å². The molecule has 1 rings (SSSR count). The lowest BCUT2D eigenvalue weighted by Gasteiger charge is -1.95. The van der Waals surface area contributed by atoms with E-state index in [1.807, 2.05) is 0 Å². The van der Waals surface area contributed by atoms with E-state index in [9.17, 15) is 4.79 Å². The van der Waals surface area contributed by atoms with E-state index in [-0.39, 0.29) is 5.75 Å². The SMILES string of the molecule is O=C(O)Oc1[c]cccc1. The van der Waals surface area contributed by atoms with E-state index >= 15 is 0 Å². The highest BCUT2D eigenvalue weighted by Gasteiger charge is 1.96. The number of benzene rings is 1. The van der Waals surface area contributed by atoms with Crippen molar-refractivity contribution >= 4 is 6.16 Å². The maximum atomic E-state index is 9.93. The molecule has 0 aromatic heterocycles. The predicted octanol–water partition coefficient (Wildman–Crippen LogP) is 1.54. The molecule has 0 heterocycles. The van der Waals surface area contributed by atoms with Crippen molar-refractivity contribution in [3.8, 4) is 5.75 Å². The summed E-state index contributed by atoms with van der Waals surface area (Å²) in [4.78, 5) is 9.93. The molecule has 0 atom stereocenters. The lowest BCUT2D eigenvalue weighted by Crippen LogP contribution is -2.02. The molecule has 0 spiro atoms. The first-order valence-corrected chi connectivity index (χ1v) is 2.66. The summed E-state index contributed by atoms with van der Waals surface area (Å²) < 4.78 is 4.28. The molecule has 3 nitrogen and oxygen atoms in total. The Bertz CT molecular complexity index is 218. The molecular formula is C7H5O3. The van der Waals surface area contributed by atoms with Crippen molar-refractivity contribution in [1.29, 1.82) is 0 Å². The van der Waals surface area contributed by atoms with Crippen LogP contribution in [0.1, 0.15) is 0 Å². The van der Waals surface area contributed by atoms with Gasteiger partial charge >= 0.3 is 6.16 Å². The molecule has 0 unspecified atom stereocenters. The highest BCUT2D eigenvalue weighted by molar-refractivity contribution is 5.60. The van der Waals surface area contributed by atoms with Crippen LogP contribution in [0.25, 0.3) is 0 Å². The minimum absolute atomic E-state index is 0.218. The molecule has 0 aliphatic carbocycles. The Labute approximate surface area is 57.9 Å². The summed E-state index contributed by atoms with van der Waals surface area (Å²) in [5, 5.41) is 8.12. The van der Waals surface area contributed by atoms with E-state index < -0.39 is 6.16 Å². The van der Waals surface area contributed by atoms with Crippen molar-refractivity contribution < 1.29 is 14.6 Å². The Balaban J connectivity index is 2.67. The summed E-state index contributed by atoms with van der Waals surface area (Å²) in [5.74, 6) is 0.218. The number of carbonyl (C=O) groups is 1. The van der Waals surface area contributed by atoms with Gasteiger partial charge < -0.3 is 9.84 Å². The van der Waals surface area contributed by atoms with E-state index in [1.165, 1.54) is 6.07 Å². The monoisotopic (exact) mass is 137 g/mol. The summed E-state index contributed by atoms with van der Waals surface area (Å²) in [7, 11) is 0. The summed E-state index contributed by atoms with van der Waals surface area (Å²) >= 11 is 0. The van der Waals surface area contributed by atoms with Crippen molar-refractivity contribution in [2.45, 2.75) is 0 Å². The Hall–Kier alpha value is -1.51. The Kier molecular flexibility index (Phi) is 1.89. The van der Waals surface area contributed by atoms with E-state index in [4.69, 9.17) is 5.11 Å². The van der Waals surface area contributed by atoms with Crippen LogP contribution in [0.5, 0.6) is 5.75 Å². The molecule has 10 heavy (non-hydrogen) atoms. The summed E-state index contributed by atoms with van der Waals surface area (Å²) in [5.41, 5.74) is 0. The van der Waals surface area contributed by atoms with Gasteiger partial charge in [-0.2, -0.15) is 0 Å². The Morgan fingerprint density at radius 3 is 2.90 bits per heavy atom. The van der Waals surface area contributed by atoms with Crippen molar-refractivity contribution in [3.05, 3.63) is 30.3 Å². The number of para-hydroxylation sites is 1. The van der Waals surface area contributed by atoms with Crippen LogP contribution in [0, 0.1) is 6.07 Å². The molecule has 1 N–H and O–H groups in total. The normalized spacial score (nSPS) is 8.80. The maximum Gasteiger partial charge on any atom is 0.511 e. The number of carboxylic acid groups (broad SMARTS) is 1. The quantitative estimate of drug-likeness (QED) is 0.471. The van der Waals surface area contributed by atoms with Crippen molar-refractivity contribution in [2.24, 2.45) is 0 Å². The molecule has 0 fully saturated rings. The predicted molar refractivity (Wildman–Crippen MR) is 33.9 cm³/mol. The van der Waals surface area contributed by atoms with Gasteiger partial charge in [-0.1, -0.05) is 18.2 Å². The first kappa shape index (κ1) is 6.61. The molecule has 1 aromatic rings. The van der Waals surface area contributed by atoms with Crippen LogP contribution in [-0.2, 0) is 0 Å². The second-order valence-electron chi connectivity index (χ2n) is 1.59. The molecule has 1 radical (unpaired) electrons. The maximum absolute atomic E-state index is 9.93. The van der Waals surface area contributed by atoms with Crippen LogP contribution in [0.2, 0.25) is 0 Å². The fraction of sp³-hybridized carbons (Fsp3) is 0. The largest absolute Gasteiger partial charge is 0.511 e. The second-order valence-corrected chi connectivity index (χ2v) is 1.59. The Morgan fingerprint density at radius 1 is 1.60 bits per heavy atom. The zero-order chi connectivity index (χ0) is 7.40. The summed E-state index contributed by atoms with van der Waals surface area (Å²) in [6.07, 6.45) is -1.32. The van der Waals surface area contributed by atoms with Crippen LogP contribution in [0.3, 0.4) is 0 Å². The molecule has 0 aliphatic rings. The lowest BCUT2D eigenvalue weighted by atomic mass is 10.3. The van der Waals surface area contributed by atoms with Gasteiger partial charge in [0.05, 0.1) is 0 Å². The first-order chi connectivity index (χ1) is 4.79. The van der Waals surface area contributed by atoms with Crippen LogP contribution in [0.4, 0.5) is 4.79 Å². The molecule has 0 amide bonds. The van der Waals surface area contributed by atoms with Crippen LogP contribution in [-0.4, -0.2) is 11.3 Å². The molecule has 0 bridgehead atoms. The van der Waals surface area contributed by atoms with E-state index in [1.54, 1.807) is 18.2 Å². The van der Waals surface area contributed by atoms with Gasteiger partial charge in [0.2, 0.25) is 0 Å². The van der Waals surface area contributed by atoms with Gasteiger partial charge in [-0.3, -0.25) is 0 Å². The zero-order valence-corrected chi connectivity index (χ0v) is 5.07. The summed E-state index contributed by atoms with van der Waals surface area (Å²) in [6, 6.07) is 9.11. The standard InChI is InChI=1S/C7H5O3/c8-7(9)10-6-4-2-1-3-5-6/h1-4H,(H,8,9). The van der Waals surface area contributed by atoms with Gasteiger partial charge in [0.15, 0.2) is 0 Å². The van der Waals surface area contributed by atoms with Gasteiger partial charge in [-0.15, -0.1) is 0 Å². The van der Waals surface area contributed by atoms with E-state index in [2.05, 4.69) is 10.8 Å². The molecule has 0 saturated carbocycles. The van der Waals surface area contributed by atoms with Gasteiger partial charge in [-0.25, -0.2) is 4.79 Å². The molecular weight excluding hydrogens is 132 g/mol. The number of ether oxygens (including phenoxy) is 1. The number of hydrogen-bond acceptors (Lipinski definition) is 2. The second kappa shape index (κ2) is 2.87. The molecule has 1 aromatic carbocycles. The smallest absolute Gasteiger partial charge is 0.449 e. The third-order valence-corrected chi connectivity index (χ3v) is 0.878. The lowest BCUT2D eigenvalue weighted by molar-refractivity contribution is 0.144. The van der Waals surface area contributed by atoms with Crippen molar-refractivity contribution in [3.63, 3.8) is 0 Å². The molecule has 0 saturated heterocycles. The number of hydrogen-bond donors (Lipinski definition) is 1. The summed E-state index contributed by atoms with van der Waals surface area (Å²) in [6.45, 7) is 0. The van der Waals surface area contributed by atoms with E-state index in [0.29, 0.717) is 0 Å². The minimum atomic E-state index is -1.32. The van der Waals surface area contributed by atoms with E-state index in [0.717, 1.165) is 0 Å². The minimum Gasteiger partial charge on any atom is -0.449 e. The van der Waals surface area contributed by atoms with Gasteiger partial charge in [0.25, 0.3) is 0 Å². The van der Waals surface area contributed by atoms with Crippen LogP contribution < -0.4 is 4.74 Å². The van der Waals surface area contributed by atoms with Gasteiger partial charge in [0, 0.05) is 6.07 Å². The highest BCUT2D eigenvalue weighted by atomic mass is 16.7. The average molecular weight is 137 g/mol. The molecule has 3 heteroatoms. The fourth-order valence-electron chi connectivity index (χ4n) is 0.534. The van der Waals surface area contributed by atoms with Crippen molar-refractivity contribution in [2.75, 3.05) is 0 Å². The highest BCUT2D eigenvalue weighted by Crippen LogP contribution is 2.06. The average Bonchev–Trinajstić information content (AvgIpc) is 1.88. The number of rotatable bonds is 1.